The van der Waals surface area contributed by atoms with E-state index >= 15 is 0 Å². The molecule has 0 aromatic heterocycles. The first-order valence-electron chi connectivity index (χ1n) is 7.95. The van der Waals surface area contributed by atoms with Crippen LogP contribution in [0.15, 0.2) is 24.3 Å². The average Bonchev–Trinajstić information content (AvgIpc) is 2.53. The summed E-state index contributed by atoms with van der Waals surface area (Å²) in [6.07, 6.45) is 7.95. The van der Waals surface area contributed by atoms with Gasteiger partial charge in [-0.15, -0.1) is 0 Å². The van der Waals surface area contributed by atoms with Crippen molar-refractivity contribution in [2.45, 2.75) is 51.0 Å². The van der Waals surface area contributed by atoms with Gasteiger partial charge < -0.3 is 15.4 Å². The van der Waals surface area contributed by atoms with Crippen molar-refractivity contribution in [1.29, 1.82) is 0 Å². The Bertz CT molecular complexity index is 425. The third-order valence-electron chi connectivity index (χ3n) is 4.03. The Morgan fingerprint density at radius 1 is 1.19 bits per heavy atom. The van der Waals surface area contributed by atoms with Crippen molar-refractivity contribution in [3.05, 3.63) is 29.8 Å². The molecule has 1 saturated carbocycles. The molecule has 1 aromatic carbocycles. The van der Waals surface area contributed by atoms with E-state index in [1.54, 1.807) is 7.11 Å². The molecule has 1 aliphatic carbocycles. The number of aryl methyl sites for hydroxylation is 1. The highest BCUT2D eigenvalue weighted by molar-refractivity contribution is 5.74. The molecule has 2 amide bonds. The maximum Gasteiger partial charge on any atom is 0.315 e. The van der Waals surface area contributed by atoms with Gasteiger partial charge >= 0.3 is 6.03 Å². The minimum Gasteiger partial charge on any atom is -0.497 e. The van der Waals surface area contributed by atoms with Crippen LogP contribution in [-0.2, 0) is 6.42 Å². The van der Waals surface area contributed by atoms with Gasteiger partial charge in [-0.3, -0.25) is 0 Å². The lowest BCUT2D eigenvalue weighted by molar-refractivity contribution is 0.232. The number of carbonyl (C=O) groups is 1. The molecule has 0 heterocycles. The van der Waals surface area contributed by atoms with E-state index in [2.05, 4.69) is 22.8 Å². The summed E-state index contributed by atoms with van der Waals surface area (Å²) >= 11 is 0. The van der Waals surface area contributed by atoms with Crippen LogP contribution in [0, 0.1) is 0 Å². The van der Waals surface area contributed by atoms with Gasteiger partial charge in [0, 0.05) is 12.6 Å². The Labute approximate surface area is 127 Å². The van der Waals surface area contributed by atoms with Gasteiger partial charge in [-0.25, -0.2) is 4.79 Å². The van der Waals surface area contributed by atoms with Gasteiger partial charge in [0.05, 0.1) is 7.11 Å². The Kier molecular flexibility index (Phi) is 6.38. The van der Waals surface area contributed by atoms with Crippen molar-refractivity contribution >= 4 is 6.03 Å². The van der Waals surface area contributed by atoms with Gasteiger partial charge in [0.1, 0.15) is 5.75 Å². The summed E-state index contributed by atoms with van der Waals surface area (Å²) < 4.78 is 5.13. The summed E-state index contributed by atoms with van der Waals surface area (Å²) in [7, 11) is 1.67. The maximum absolute atomic E-state index is 11.8. The fraction of sp³-hybridized carbons (Fsp3) is 0.588. The molecule has 0 aliphatic heterocycles. The van der Waals surface area contributed by atoms with Crippen LogP contribution in [0.2, 0.25) is 0 Å². The molecule has 0 radical (unpaired) electrons. The Balaban J connectivity index is 1.58. The van der Waals surface area contributed by atoms with E-state index in [9.17, 15) is 4.79 Å². The molecule has 4 nitrogen and oxygen atoms in total. The van der Waals surface area contributed by atoms with E-state index in [0.29, 0.717) is 12.6 Å². The molecule has 4 heteroatoms. The fourth-order valence-corrected chi connectivity index (χ4v) is 2.77. The molecule has 0 spiro atoms. The number of ether oxygens (including phenoxy) is 1. The van der Waals surface area contributed by atoms with Crippen molar-refractivity contribution in [3.8, 4) is 5.75 Å². The number of benzene rings is 1. The summed E-state index contributed by atoms with van der Waals surface area (Å²) in [4.78, 5) is 11.8. The van der Waals surface area contributed by atoms with Crippen LogP contribution in [0.3, 0.4) is 0 Å². The Morgan fingerprint density at radius 2 is 1.90 bits per heavy atom. The van der Waals surface area contributed by atoms with Crippen LogP contribution in [0.25, 0.3) is 0 Å². The van der Waals surface area contributed by atoms with Gasteiger partial charge in [0.15, 0.2) is 0 Å². The van der Waals surface area contributed by atoms with E-state index in [1.165, 1.54) is 24.8 Å². The zero-order valence-electron chi connectivity index (χ0n) is 12.9. The lowest BCUT2D eigenvalue weighted by atomic mass is 9.96. The van der Waals surface area contributed by atoms with Crippen LogP contribution in [0.4, 0.5) is 4.79 Å². The lowest BCUT2D eigenvalue weighted by Crippen LogP contribution is -2.43. The van der Waals surface area contributed by atoms with Gasteiger partial charge in [0.25, 0.3) is 0 Å². The predicted octanol–water partition coefficient (Wildman–Crippen LogP) is 3.26. The van der Waals surface area contributed by atoms with Crippen molar-refractivity contribution in [1.82, 2.24) is 10.6 Å². The third kappa shape index (κ3) is 5.66. The smallest absolute Gasteiger partial charge is 0.315 e. The summed E-state index contributed by atoms with van der Waals surface area (Å²) in [6, 6.07) is 8.44. The number of urea groups is 1. The monoisotopic (exact) mass is 290 g/mol. The summed E-state index contributed by atoms with van der Waals surface area (Å²) in [5.41, 5.74) is 1.27. The van der Waals surface area contributed by atoms with E-state index in [1.807, 2.05) is 12.1 Å². The maximum atomic E-state index is 11.8. The average molecular weight is 290 g/mol. The van der Waals surface area contributed by atoms with Crippen molar-refractivity contribution in [2.75, 3.05) is 13.7 Å². The molecule has 116 valence electrons. The number of methoxy groups -OCH3 is 1. The zero-order chi connectivity index (χ0) is 14.9. The van der Waals surface area contributed by atoms with Crippen LogP contribution >= 0.6 is 0 Å². The topological polar surface area (TPSA) is 50.4 Å². The number of rotatable bonds is 6. The van der Waals surface area contributed by atoms with Gasteiger partial charge in [-0.05, 0) is 43.4 Å². The molecule has 0 unspecified atom stereocenters. The van der Waals surface area contributed by atoms with E-state index in [-0.39, 0.29) is 6.03 Å². The van der Waals surface area contributed by atoms with E-state index in [4.69, 9.17) is 4.74 Å². The standard InChI is InChI=1S/C17H26N2O2/c1-21-16-11-9-14(10-12-16)6-5-13-18-17(20)19-15-7-3-2-4-8-15/h9-12,15H,2-8,13H2,1H3,(H2,18,19,20). The van der Waals surface area contributed by atoms with Gasteiger partial charge in [0.2, 0.25) is 0 Å². The molecule has 2 N–H and O–H groups in total. The minimum absolute atomic E-state index is 0.0170. The van der Waals surface area contributed by atoms with Gasteiger partial charge in [-0.1, -0.05) is 31.4 Å². The normalized spacial score (nSPS) is 15.5. The van der Waals surface area contributed by atoms with Gasteiger partial charge in [-0.2, -0.15) is 0 Å². The fourth-order valence-electron chi connectivity index (χ4n) is 2.77. The molecule has 1 aliphatic rings. The van der Waals surface area contributed by atoms with Crippen molar-refractivity contribution in [3.63, 3.8) is 0 Å². The first-order chi connectivity index (χ1) is 10.3. The Hall–Kier alpha value is -1.71. The van der Waals surface area contributed by atoms with Crippen LogP contribution in [-0.4, -0.2) is 25.7 Å². The van der Waals surface area contributed by atoms with Crippen LogP contribution < -0.4 is 15.4 Å². The largest absolute Gasteiger partial charge is 0.497 e. The predicted molar refractivity (Wildman–Crippen MR) is 84.7 cm³/mol. The number of carbonyl (C=O) groups excluding carboxylic acids is 1. The van der Waals surface area contributed by atoms with Crippen molar-refractivity contribution in [2.24, 2.45) is 0 Å². The zero-order valence-corrected chi connectivity index (χ0v) is 12.9. The second kappa shape index (κ2) is 8.55. The number of hydrogen-bond donors (Lipinski definition) is 2. The SMILES string of the molecule is COc1ccc(CCCNC(=O)NC2CCCCC2)cc1. The summed E-state index contributed by atoms with van der Waals surface area (Å²) in [6.45, 7) is 0.713. The summed E-state index contributed by atoms with van der Waals surface area (Å²) in [5, 5.41) is 6.01. The molecule has 1 aromatic rings. The number of hydrogen-bond acceptors (Lipinski definition) is 2. The van der Waals surface area contributed by atoms with Crippen LogP contribution in [0.5, 0.6) is 5.75 Å². The van der Waals surface area contributed by atoms with Crippen molar-refractivity contribution < 1.29 is 9.53 Å². The lowest BCUT2D eigenvalue weighted by Gasteiger charge is -2.22. The molecular weight excluding hydrogens is 264 g/mol. The highest BCUT2D eigenvalue weighted by atomic mass is 16.5. The molecule has 0 atom stereocenters. The quantitative estimate of drug-likeness (QED) is 0.790. The first kappa shape index (κ1) is 15.7. The first-order valence-corrected chi connectivity index (χ1v) is 7.95. The number of nitrogens with one attached hydrogen (secondary N) is 2. The molecule has 0 bridgehead atoms. The second-order valence-electron chi connectivity index (χ2n) is 5.69. The van der Waals surface area contributed by atoms with E-state index in [0.717, 1.165) is 31.4 Å². The highest BCUT2D eigenvalue weighted by Gasteiger charge is 2.14. The Morgan fingerprint density at radius 3 is 2.57 bits per heavy atom. The molecule has 21 heavy (non-hydrogen) atoms. The molecule has 1 fully saturated rings. The minimum atomic E-state index is -0.0170. The molecule has 2 rings (SSSR count). The highest BCUT2D eigenvalue weighted by Crippen LogP contribution is 2.17. The van der Waals surface area contributed by atoms with Crippen LogP contribution in [0.1, 0.15) is 44.1 Å². The second-order valence-corrected chi connectivity index (χ2v) is 5.69. The number of amides is 2. The summed E-state index contributed by atoms with van der Waals surface area (Å²) in [5.74, 6) is 0.878. The third-order valence-corrected chi connectivity index (χ3v) is 4.03. The van der Waals surface area contributed by atoms with E-state index < -0.39 is 0 Å². The molecular formula is C17H26N2O2. The molecule has 0 saturated heterocycles.